The highest BCUT2D eigenvalue weighted by Crippen LogP contribution is 2.33. The number of ether oxygens (including phenoxy) is 2. The number of anilines is 1. The van der Waals surface area contributed by atoms with E-state index in [9.17, 15) is 27.6 Å². The van der Waals surface area contributed by atoms with Crippen molar-refractivity contribution < 1.29 is 37.0 Å². The average Bonchev–Trinajstić information content (AvgIpc) is 2.88. The van der Waals surface area contributed by atoms with Crippen LogP contribution in [0.1, 0.15) is 28.4 Å². The fourth-order valence-electron chi connectivity index (χ4n) is 2.88. The van der Waals surface area contributed by atoms with Gasteiger partial charge in [0, 0.05) is 0 Å². The number of alkyl halides is 3. The van der Waals surface area contributed by atoms with E-state index in [1.54, 1.807) is 43.3 Å². The van der Waals surface area contributed by atoms with Crippen LogP contribution in [0.15, 0.2) is 71.8 Å². The van der Waals surface area contributed by atoms with E-state index in [0.717, 1.165) is 12.1 Å². The molecule has 0 aliphatic rings. The number of rotatable bonds is 6. The molecule has 0 aliphatic heterocycles. The Morgan fingerprint density at radius 2 is 1.46 bits per heavy atom. The Hall–Kier alpha value is -4.38. The lowest BCUT2D eigenvalue weighted by Crippen LogP contribution is -2.33. The number of carbonyl (C=O) groups excluding carboxylic acids is 3. The molecule has 0 saturated heterocycles. The van der Waals surface area contributed by atoms with Gasteiger partial charge in [0.2, 0.25) is 0 Å². The van der Waals surface area contributed by atoms with E-state index in [-0.39, 0.29) is 16.5 Å². The zero-order valence-electron chi connectivity index (χ0n) is 19.4. The maximum atomic E-state index is 12.9. The van der Waals surface area contributed by atoms with E-state index in [1.165, 1.54) is 19.2 Å². The first-order valence-electron chi connectivity index (χ1n) is 10.5. The average molecular weight is 534 g/mol. The molecule has 2 N–H and O–H groups in total. The molecule has 0 saturated carbocycles. The number of hydrogen-bond donors (Lipinski definition) is 2. The lowest BCUT2D eigenvalue weighted by Gasteiger charge is -2.11. The molecule has 0 bridgehead atoms. The van der Waals surface area contributed by atoms with Gasteiger partial charge < -0.3 is 14.8 Å². The van der Waals surface area contributed by atoms with E-state index < -0.39 is 29.5 Å². The number of halogens is 4. The molecule has 0 radical (unpaired) electrons. The maximum absolute atomic E-state index is 12.9. The summed E-state index contributed by atoms with van der Waals surface area (Å²) in [6.45, 7) is 1.54. The minimum absolute atomic E-state index is 0.179. The van der Waals surface area contributed by atoms with E-state index in [0.29, 0.717) is 28.7 Å². The number of methoxy groups -OCH3 is 1. The van der Waals surface area contributed by atoms with E-state index >= 15 is 0 Å². The topological polar surface area (TPSA) is 106 Å². The van der Waals surface area contributed by atoms with Gasteiger partial charge in [0.15, 0.2) is 0 Å². The van der Waals surface area contributed by atoms with Gasteiger partial charge in [-0.05, 0) is 79.2 Å². The van der Waals surface area contributed by atoms with E-state index in [1.807, 2.05) is 10.7 Å². The van der Waals surface area contributed by atoms with Crippen LogP contribution in [-0.2, 0) is 15.8 Å². The number of benzene rings is 3. The van der Waals surface area contributed by atoms with Crippen LogP contribution < -0.4 is 20.2 Å². The Bertz CT molecular complexity index is 1340. The largest absolute Gasteiger partial charge is 0.497 e. The van der Waals surface area contributed by atoms with Crippen molar-refractivity contribution in [3.05, 3.63) is 88.4 Å². The van der Waals surface area contributed by atoms with Crippen LogP contribution in [0.2, 0.25) is 5.02 Å². The molecule has 12 heteroatoms. The van der Waals surface area contributed by atoms with Crippen molar-refractivity contribution in [3.63, 3.8) is 0 Å². The minimum Gasteiger partial charge on any atom is -0.497 e. The Balaban J connectivity index is 1.59. The summed E-state index contributed by atoms with van der Waals surface area (Å²) in [4.78, 5) is 36.4. The number of nitrogens with one attached hydrogen (secondary N) is 2. The molecule has 0 heterocycles. The van der Waals surface area contributed by atoms with Gasteiger partial charge in [0.25, 0.3) is 0 Å². The number of nitrogens with zero attached hydrogens (tertiary/aromatic N) is 1. The predicted octanol–water partition coefficient (Wildman–Crippen LogP) is 5.07. The fraction of sp³-hybridized carbons (Fsp3) is 0.120. The first kappa shape index (κ1) is 27.2. The second-order valence-electron chi connectivity index (χ2n) is 7.43. The standard InChI is InChI=1S/C25H19ClF3N3O5/c1-14(15-3-10-19(11-4-15)37-24(35)16-5-8-18(36-2)9-6-16)31-32-23(34)22(33)30-21-13-17(25(27,28)29)7-12-20(21)26/h3-13H,1-2H3,(H,30,33)(H,32,34)/b31-14+. The summed E-state index contributed by atoms with van der Waals surface area (Å²) in [6.07, 6.45) is -4.66. The number of carbonyl (C=O) groups is 3. The molecule has 0 unspecified atom stereocenters. The lowest BCUT2D eigenvalue weighted by molar-refractivity contribution is -0.137. The van der Waals surface area contributed by atoms with Crippen molar-refractivity contribution in [1.29, 1.82) is 0 Å². The Morgan fingerprint density at radius 1 is 0.865 bits per heavy atom. The van der Waals surface area contributed by atoms with Crippen molar-refractivity contribution in [1.82, 2.24) is 5.43 Å². The highest BCUT2D eigenvalue weighted by molar-refractivity contribution is 6.41. The van der Waals surface area contributed by atoms with Crippen molar-refractivity contribution in [2.75, 3.05) is 12.4 Å². The second-order valence-corrected chi connectivity index (χ2v) is 7.83. The quantitative estimate of drug-likeness (QED) is 0.151. The molecule has 2 amide bonds. The number of amides is 2. The molecule has 37 heavy (non-hydrogen) atoms. The summed E-state index contributed by atoms with van der Waals surface area (Å²) in [7, 11) is 1.51. The minimum atomic E-state index is -4.66. The van der Waals surface area contributed by atoms with Gasteiger partial charge >= 0.3 is 24.0 Å². The summed E-state index contributed by atoms with van der Waals surface area (Å²) < 4.78 is 49.0. The van der Waals surface area contributed by atoms with Crippen LogP contribution in [0.3, 0.4) is 0 Å². The van der Waals surface area contributed by atoms with E-state index in [2.05, 4.69) is 5.10 Å². The third-order valence-corrected chi connectivity index (χ3v) is 5.21. The van der Waals surface area contributed by atoms with Crippen molar-refractivity contribution in [2.45, 2.75) is 13.1 Å². The van der Waals surface area contributed by atoms with Gasteiger partial charge in [-0.15, -0.1) is 0 Å². The number of hydrazone groups is 1. The molecule has 0 fully saturated rings. The first-order chi connectivity index (χ1) is 17.5. The van der Waals surface area contributed by atoms with Gasteiger partial charge in [-0.1, -0.05) is 11.6 Å². The van der Waals surface area contributed by atoms with Crippen LogP contribution in [0.4, 0.5) is 18.9 Å². The Labute approximate surface area is 214 Å². The van der Waals surface area contributed by atoms with Crippen LogP contribution >= 0.6 is 11.6 Å². The Kier molecular flexibility index (Phi) is 8.51. The Morgan fingerprint density at radius 3 is 2.05 bits per heavy atom. The fourth-order valence-corrected chi connectivity index (χ4v) is 3.05. The summed E-state index contributed by atoms with van der Waals surface area (Å²) in [5.41, 5.74) is 1.76. The molecule has 0 atom stereocenters. The van der Waals surface area contributed by atoms with Crippen LogP contribution in [-0.4, -0.2) is 30.6 Å². The first-order valence-corrected chi connectivity index (χ1v) is 10.8. The van der Waals surface area contributed by atoms with Gasteiger partial charge in [-0.2, -0.15) is 18.3 Å². The summed E-state index contributed by atoms with van der Waals surface area (Å²) in [6, 6.07) is 14.9. The van der Waals surface area contributed by atoms with Crippen molar-refractivity contribution in [2.24, 2.45) is 5.10 Å². The van der Waals surface area contributed by atoms with Crippen LogP contribution in [0.5, 0.6) is 11.5 Å². The van der Waals surface area contributed by atoms with Gasteiger partial charge in [0.05, 0.1) is 34.7 Å². The molecule has 0 spiro atoms. The SMILES string of the molecule is COc1ccc(C(=O)Oc2ccc(/C(C)=N/NC(=O)C(=O)Nc3cc(C(F)(F)F)ccc3Cl)cc2)cc1. The van der Waals surface area contributed by atoms with Crippen molar-refractivity contribution in [3.8, 4) is 11.5 Å². The van der Waals surface area contributed by atoms with E-state index in [4.69, 9.17) is 21.1 Å². The lowest BCUT2D eigenvalue weighted by atomic mass is 10.1. The number of hydrogen-bond acceptors (Lipinski definition) is 6. The third kappa shape index (κ3) is 7.31. The monoisotopic (exact) mass is 533 g/mol. The van der Waals surface area contributed by atoms with Gasteiger partial charge in [-0.3, -0.25) is 9.59 Å². The van der Waals surface area contributed by atoms with Gasteiger partial charge in [0.1, 0.15) is 11.5 Å². The van der Waals surface area contributed by atoms with Gasteiger partial charge in [-0.25, -0.2) is 10.2 Å². The maximum Gasteiger partial charge on any atom is 0.416 e. The second kappa shape index (κ2) is 11.6. The summed E-state index contributed by atoms with van der Waals surface area (Å²) in [5, 5.41) is 5.66. The third-order valence-electron chi connectivity index (χ3n) is 4.88. The van der Waals surface area contributed by atoms with Crippen LogP contribution in [0, 0.1) is 0 Å². The smallest absolute Gasteiger partial charge is 0.416 e. The van der Waals surface area contributed by atoms with Crippen LogP contribution in [0.25, 0.3) is 0 Å². The molecule has 0 aliphatic carbocycles. The molecular weight excluding hydrogens is 515 g/mol. The molecule has 192 valence electrons. The molecule has 8 nitrogen and oxygen atoms in total. The highest BCUT2D eigenvalue weighted by Gasteiger charge is 2.31. The normalized spacial score (nSPS) is 11.5. The molecule has 3 rings (SSSR count). The molecule has 0 aromatic heterocycles. The molecular formula is C25H19ClF3N3O5. The number of esters is 1. The van der Waals surface area contributed by atoms with Crippen molar-refractivity contribution >= 4 is 40.8 Å². The zero-order valence-corrected chi connectivity index (χ0v) is 20.1. The molecule has 3 aromatic carbocycles. The zero-order chi connectivity index (χ0) is 27.2. The highest BCUT2D eigenvalue weighted by atomic mass is 35.5. The summed E-state index contributed by atoms with van der Waals surface area (Å²) >= 11 is 5.82. The molecule has 3 aromatic rings. The predicted molar refractivity (Wildman–Crippen MR) is 130 cm³/mol. The summed E-state index contributed by atoms with van der Waals surface area (Å²) in [5.74, 6) is -2.20.